The number of aromatic nitrogens is 2. The highest BCUT2D eigenvalue weighted by Crippen LogP contribution is 2.35. The average Bonchev–Trinajstić information content (AvgIpc) is 2.66. The Morgan fingerprint density at radius 3 is 2.78 bits per heavy atom. The molecule has 27 heavy (non-hydrogen) atoms. The molecule has 4 rings (SSSR count). The van der Waals surface area contributed by atoms with Gasteiger partial charge in [0.1, 0.15) is 11.6 Å². The Bertz CT molecular complexity index is 945. The highest BCUT2D eigenvalue weighted by molar-refractivity contribution is 7.99. The van der Waals surface area contributed by atoms with E-state index in [2.05, 4.69) is 51.5 Å². The quantitative estimate of drug-likeness (QED) is 0.623. The van der Waals surface area contributed by atoms with Crippen LogP contribution < -0.4 is 10.2 Å². The van der Waals surface area contributed by atoms with Crippen LogP contribution in [0.4, 0.5) is 11.5 Å². The fourth-order valence-electron chi connectivity index (χ4n) is 3.24. The molecule has 0 saturated heterocycles. The van der Waals surface area contributed by atoms with Crippen LogP contribution in [0.25, 0.3) is 0 Å². The average molecular weight is 397 g/mol. The normalized spacial score (nSPS) is 16.1. The first-order chi connectivity index (χ1) is 13.1. The Kier molecular flexibility index (Phi) is 5.23. The summed E-state index contributed by atoms with van der Waals surface area (Å²) in [7, 11) is 2.09. The Labute approximate surface area is 169 Å². The molecule has 3 aromatic rings. The first-order valence-electron chi connectivity index (χ1n) is 8.93. The van der Waals surface area contributed by atoms with Crippen LogP contribution in [0.2, 0.25) is 5.02 Å². The second-order valence-electron chi connectivity index (χ2n) is 6.69. The largest absolute Gasteiger partial charge is 0.378 e. The van der Waals surface area contributed by atoms with Crippen molar-refractivity contribution in [1.29, 1.82) is 0 Å². The van der Waals surface area contributed by atoms with Crippen LogP contribution in [0.3, 0.4) is 0 Å². The summed E-state index contributed by atoms with van der Waals surface area (Å²) in [5.41, 5.74) is 2.26. The van der Waals surface area contributed by atoms with E-state index in [4.69, 9.17) is 11.6 Å². The predicted molar refractivity (Wildman–Crippen MR) is 113 cm³/mol. The summed E-state index contributed by atoms with van der Waals surface area (Å²) < 4.78 is 0. The Morgan fingerprint density at radius 1 is 1.15 bits per heavy atom. The monoisotopic (exact) mass is 396 g/mol. The zero-order chi connectivity index (χ0) is 18.8. The van der Waals surface area contributed by atoms with Crippen molar-refractivity contribution in [2.75, 3.05) is 23.8 Å². The third kappa shape index (κ3) is 4.20. The molecule has 1 aliphatic rings. The van der Waals surface area contributed by atoms with Crippen molar-refractivity contribution in [3.05, 3.63) is 71.1 Å². The van der Waals surface area contributed by atoms with E-state index in [-0.39, 0.29) is 6.04 Å². The van der Waals surface area contributed by atoms with Gasteiger partial charge >= 0.3 is 0 Å². The number of aryl methyl sites for hydroxylation is 1. The predicted octanol–water partition coefficient (Wildman–Crippen LogP) is 5.58. The van der Waals surface area contributed by atoms with E-state index in [0.29, 0.717) is 0 Å². The van der Waals surface area contributed by atoms with E-state index in [9.17, 15) is 0 Å². The first kappa shape index (κ1) is 18.1. The van der Waals surface area contributed by atoms with Crippen LogP contribution in [-0.2, 0) is 0 Å². The van der Waals surface area contributed by atoms with Gasteiger partial charge in [-0.05, 0) is 55.8 Å². The molecule has 6 heteroatoms. The van der Waals surface area contributed by atoms with E-state index in [1.165, 1.54) is 9.79 Å². The maximum atomic E-state index is 5.98. The van der Waals surface area contributed by atoms with Crippen molar-refractivity contribution in [1.82, 2.24) is 9.97 Å². The summed E-state index contributed by atoms with van der Waals surface area (Å²) in [5.74, 6) is 1.83. The molecule has 1 unspecified atom stereocenters. The number of nitrogens with one attached hydrogen (secondary N) is 1. The third-order valence-corrected chi connectivity index (χ3v) is 5.88. The van der Waals surface area contributed by atoms with Gasteiger partial charge in [0, 0.05) is 45.9 Å². The van der Waals surface area contributed by atoms with Gasteiger partial charge in [0.05, 0.1) is 6.04 Å². The van der Waals surface area contributed by atoms with Crippen LogP contribution in [0, 0.1) is 6.92 Å². The summed E-state index contributed by atoms with van der Waals surface area (Å²) in [6.07, 6.45) is 2.97. The SMILES string of the molecule is Cc1ncc2c(n1)N(C)CCC2Nc1cccc(Sc2ccc(Cl)cc2)c1. The number of nitrogens with zero attached hydrogens (tertiary/aromatic N) is 3. The fourth-order valence-corrected chi connectivity index (χ4v) is 4.25. The van der Waals surface area contributed by atoms with Crippen LogP contribution in [-0.4, -0.2) is 23.6 Å². The Morgan fingerprint density at radius 2 is 1.96 bits per heavy atom. The Balaban J connectivity index is 1.54. The maximum absolute atomic E-state index is 5.98. The molecule has 1 aliphatic heterocycles. The molecular weight excluding hydrogens is 376 g/mol. The molecule has 138 valence electrons. The number of fused-ring (bicyclic) bond motifs is 1. The molecule has 0 radical (unpaired) electrons. The fraction of sp³-hybridized carbons (Fsp3) is 0.238. The van der Waals surface area contributed by atoms with Crippen LogP contribution in [0.1, 0.15) is 23.9 Å². The second-order valence-corrected chi connectivity index (χ2v) is 8.27. The van der Waals surface area contributed by atoms with Crippen molar-refractivity contribution in [2.24, 2.45) is 0 Å². The van der Waals surface area contributed by atoms with Crippen molar-refractivity contribution in [3.8, 4) is 0 Å². The molecule has 2 heterocycles. The molecule has 1 N–H and O–H groups in total. The number of benzene rings is 2. The van der Waals surface area contributed by atoms with Gasteiger partial charge in [0.25, 0.3) is 0 Å². The molecule has 2 aromatic carbocycles. The smallest absolute Gasteiger partial charge is 0.137 e. The molecule has 0 bridgehead atoms. The lowest BCUT2D eigenvalue weighted by Crippen LogP contribution is -2.31. The van der Waals surface area contributed by atoms with E-state index < -0.39 is 0 Å². The lowest BCUT2D eigenvalue weighted by atomic mass is 10.0. The maximum Gasteiger partial charge on any atom is 0.137 e. The van der Waals surface area contributed by atoms with E-state index >= 15 is 0 Å². The summed E-state index contributed by atoms with van der Waals surface area (Å²) in [4.78, 5) is 13.6. The van der Waals surface area contributed by atoms with Gasteiger partial charge in [-0.1, -0.05) is 29.4 Å². The molecule has 0 fully saturated rings. The van der Waals surface area contributed by atoms with Crippen molar-refractivity contribution in [3.63, 3.8) is 0 Å². The van der Waals surface area contributed by atoms with Crippen LogP contribution in [0.5, 0.6) is 0 Å². The van der Waals surface area contributed by atoms with Gasteiger partial charge in [-0.25, -0.2) is 9.97 Å². The summed E-state index contributed by atoms with van der Waals surface area (Å²) in [6.45, 7) is 2.91. The zero-order valence-corrected chi connectivity index (χ0v) is 16.9. The topological polar surface area (TPSA) is 41.1 Å². The van der Waals surface area contributed by atoms with Crippen LogP contribution in [0.15, 0.2) is 64.5 Å². The number of hydrogen-bond donors (Lipinski definition) is 1. The number of rotatable bonds is 4. The molecule has 0 saturated carbocycles. The third-order valence-electron chi connectivity index (χ3n) is 4.63. The highest BCUT2D eigenvalue weighted by Gasteiger charge is 2.25. The van der Waals surface area contributed by atoms with Crippen molar-refractivity contribution in [2.45, 2.75) is 29.2 Å². The van der Waals surface area contributed by atoms with E-state index in [0.717, 1.165) is 40.9 Å². The molecular formula is C21H21ClN4S. The van der Waals surface area contributed by atoms with Crippen molar-refractivity contribution < 1.29 is 0 Å². The standard InChI is InChI=1S/C21H21ClN4S/c1-14-23-13-19-20(10-11-26(2)21(19)24-14)25-16-4-3-5-18(12-16)27-17-8-6-15(22)7-9-17/h3-9,12-13,20,25H,10-11H2,1-2H3. The lowest BCUT2D eigenvalue weighted by Gasteiger charge is -2.32. The Hall–Kier alpha value is -2.24. The van der Waals surface area contributed by atoms with Gasteiger partial charge in [0.15, 0.2) is 0 Å². The molecule has 1 atom stereocenters. The summed E-state index contributed by atoms with van der Waals surface area (Å²) in [6, 6.07) is 16.6. The number of anilines is 2. The number of hydrogen-bond acceptors (Lipinski definition) is 5. The highest BCUT2D eigenvalue weighted by atomic mass is 35.5. The molecule has 4 nitrogen and oxygen atoms in total. The second kappa shape index (κ2) is 7.79. The van der Waals surface area contributed by atoms with Gasteiger partial charge in [-0.3, -0.25) is 0 Å². The minimum atomic E-state index is 0.215. The van der Waals surface area contributed by atoms with E-state index in [1.54, 1.807) is 11.8 Å². The van der Waals surface area contributed by atoms with Gasteiger partial charge < -0.3 is 10.2 Å². The van der Waals surface area contributed by atoms with Crippen LogP contribution >= 0.6 is 23.4 Å². The van der Waals surface area contributed by atoms with Gasteiger partial charge in [0.2, 0.25) is 0 Å². The zero-order valence-electron chi connectivity index (χ0n) is 15.3. The van der Waals surface area contributed by atoms with Gasteiger partial charge in [-0.15, -0.1) is 0 Å². The summed E-state index contributed by atoms with van der Waals surface area (Å²) >= 11 is 7.71. The summed E-state index contributed by atoms with van der Waals surface area (Å²) in [5, 5.41) is 4.43. The first-order valence-corrected chi connectivity index (χ1v) is 10.1. The molecule has 0 amide bonds. The minimum Gasteiger partial charge on any atom is -0.378 e. The molecule has 0 spiro atoms. The minimum absolute atomic E-state index is 0.215. The van der Waals surface area contributed by atoms with E-state index in [1.807, 2.05) is 37.4 Å². The van der Waals surface area contributed by atoms with Crippen molar-refractivity contribution >= 4 is 34.9 Å². The molecule has 1 aromatic heterocycles. The molecule has 0 aliphatic carbocycles. The van der Waals surface area contributed by atoms with Gasteiger partial charge in [-0.2, -0.15) is 0 Å². The number of halogens is 1. The lowest BCUT2D eigenvalue weighted by molar-refractivity contribution is 0.632.